The summed E-state index contributed by atoms with van der Waals surface area (Å²) in [4.78, 5) is 90.3. The van der Waals surface area contributed by atoms with E-state index in [1.54, 1.807) is 41.5 Å². The predicted octanol–water partition coefficient (Wildman–Crippen LogP) is 14.0. The van der Waals surface area contributed by atoms with E-state index < -0.39 is 63.4 Å². The fourth-order valence-corrected chi connectivity index (χ4v) is 12.8. The Balaban J connectivity index is 0. The average molecular weight is 1610 g/mol. The lowest BCUT2D eigenvalue weighted by Gasteiger charge is -2.36. The molecular weight excluding hydrogens is 1480 g/mol. The minimum absolute atomic E-state index is 0. The third-order valence-electron chi connectivity index (χ3n) is 17.5. The molecule has 5 aromatic rings. The Labute approximate surface area is 674 Å². The average Bonchev–Trinajstić information content (AvgIpc) is 0.778. The minimum Gasteiger partial charge on any atom is -0.480 e. The highest BCUT2D eigenvalue weighted by atomic mass is 35.5. The van der Waals surface area contributed by atoms with Crippen molar-refractivity contribution in [1.29, 1.82) is 5.26 Å². The van der Waals surface area contributed by atoms with E-state index >= 15 is 0 Å². The van der Waals surface area contributed by atoms with Crippen LogP contribution in [0.2, 0.25) is 0 Å². The summed E-state index contributed by atoms with van der Waals surface area (Å²) in [6, 6.07) is 37.6. The van der Waals surface area contributed by atoms with E-state index in [9.17, 15) is 42.0 Å². The number of rotatable bonds is 14. The van der Waals surface area contributed by atoms with Crippen LogP contribution in [0.1, 0.15) is 198 Å². The first-order chi connectivity index (χ1) is 49.0. The molecule has 10 rings (SSSR count). The van der Waals surface area contributed by atoms with Crippen molar-refractivity contribution in [2.45, 2.75) is 205 Å². The Hall–Kier alpha value is -8.23. The quantitative estimate of drug-likeness (QED) is 0.0689. The number of aliphatic carboxylic acids is 1. The number of morpholine rings is 3. The van der Waals surface area contributed by atoms with Crippen LogP contribution in [0.5, 0.6) is 0 Å². The van der Waals surface area contributed by atoms with Crippen molar-refractivity contribution in [3.05, 3.63) is 171 Å². The molecule has 0 bridgehead atoms. The number of halogens is 2. The normalized spacial score (nSPS) is 18.4. The molecule has 6 N–H and O–H groups in total. The molecule has 5 saturated heterocycles. The summed E-state index contributed by atoms with van der Waals surface area (Å²) in [6.45, 7) is 30.3. The molecule has 5 aliphatic heterocycles. The van der Waals surface area contributed by atoms with Crippen LogP contribution in [0, 0.1) is 50.9 Å². The van der Waals surface area contributed by atoms with Crippen LogP contribution in [0.25, 0.3) is 0 Å². The second-order valence-electron chi connectivity index (χ2n) is 28.7. The molecule has 8 atom stereocenters. The van der Waals surface area contributed by atoms with Crippen molar-refractivity contribution >= 4 is 76.6 Å². The molecule has 111 heavy (non-hydrogen) atoms. The number of carboxylic acids is 1. The zero-order valence-electron chi connectivity index (χ0n) is 63.5. The van der Waals surface area contributed by atoms with Gasteiger partial charge >= 0.3 is 18.2 Å². The van der Waals surface area contributed by atoms with E-state index in [4.69, 9.17) is 44.5 Å². The number of amides is 6. The number of ether oxygens (including phenoxy) is 6. The van der Waals surface area contributed by atoms with E-state index in [1.807, 2.05) is 90.1 Å². The summed E-state index contributed by atoms with van der Waals surface area (Å²) in [5.74, 6) is -2.27. The molecule has 0 aliphatic carbocycles. The predicted molar refractivity (Wildman–Crippen MR) is 441 cm³/mol. The SMILES string of the molecule is C.C.C.C.C.CC(C)(C)OC(=O)N1CCOC[C@@H]1C(=O)O.Cc1ccc([C@@H](C)N)cc1.Cc1ccc([C@@H](C)NC(=O)[C@@H]2CCCOC2)cc1.Cc1ccc([C@@H](C)NC(=O)[C@H]2COCCN2C(=O)OC(C)(C)C)cc1.Cc1ccc([C@@H](C)NC(=O)[C@H]2COCCN2C(=O)c2cccc(S(=O)(=O)N3CC(C#N)C3)c2)cc1.Cl.Cl. The van der Waals surface area contributed by atoms with Gasteiger partial charge in [-0.1, -0.05) is 163 Å². The Kier molecular flexibility index (Phi) is 46.6. The number of hydrogen-bond donors (Lipinski definition) is 5. The van der Waals surface area contributed by atoms with E-state index in [2.05, 4.69) is 84.4 Å². The van der Waals surface area contributed by atoms with Gasteiger partial charge < -0.3 is 60.1 Å². The minimum atomic E-state index is -3.80. The summed E-state index contributed by atoms with van der Waals surface area (Å²) in [7, 11) is -3.80. The zero-order chi connectivity index (χ0) is 76.6. The third-order valence-corrected chi connectivity index (χ3v) is 19.3. The van der Waals surface area contributed by atoms with Crippen LogP contribution in [-0.4, -0.2) is 189 Å². The van der Waals surface area contributed by atoms with Crippen LogP contribution in [-0.2, 0) is 57.6 Å². The first-order valence-electron chi connectivity index (χ1n) is 35.3. The number of nitrogens with zero attached hydrogens (tertiary/aromatic N) is 5. The monoisotopic (exact) mass is 1610 g/mol. The molecule has 0 spiro atoms. The molecule has 5 aromatic carbocycles. The van der Waals surface area contributed by atoms with E-state index in [1.165, 1.54) is 65.5 Å². The lowest BCUT2D eigenvalue weighted by Crippen LogP contribution is -2.57. The smallest absolute Gasteiger partial charge is 0.411 e. The highest BCUT2D eigenvalue weighted by molar-refractivity contribution is 7.89. The topological polar surface area (TPSA) is 328 Å². The maximum absolute atomic E-state index is 13.4. The summed E-state index contributed by atoms with van der Waals surface area (Å²) >= 11 is 0. The van der Waals surface area contributed by atoms with Crippen molar-refractivity contribution in [3.8, 4) is 6.07 Å². The number of nitrogens with two attached hydrogens (primary N) is 1. The van der Waals surface area contributed by atoms with Crippen molar-refractivity contribution in [2.24, 2.45) is 17.6 Å². The Morgan fingerprint density at radius 2 is 0.874 bits per heavy atom. The van der Waals surface area contributed by atoms with Gasteiger partial charge in [0.05, 0.1) is 87.2 Å². The summed E-state index contributed by atoms with van der Waals surface area (Å²) in [5.41, 5.74) is 13.7. The fourth-order valence-electron chi connectivity index (χ4n) is 11.2. The fraction of sp³-hybridized carbons (Fsp3) is 0.542. The summed E-state index contributed by atoms with van der Waals surface area (Å²) < 4.78 is 58.8. The van der Waals surface area contributed by atoms with Gasteiger partial charge in [-0.05, 0) is 150 Å². The largest absolute Gasteiger partial charge is 0.480 e. The van der Waals surface area contributed by atoms with Crippen molar-refractivity contribution in [3.63, 3.8) is 0 Å². The van der Waals surface area contributed by atoms with Gasteiger partial charge in [0.15, 0.2) is 6.04 Å². The molecule has 5 aliphatic rings. The summed E-state index contributed by atoms with van der Waals surface area (Å²) in [6.07, 6.45) is 0.825. The van der Waals surface area contributed by atoms with Crippen LogP contribution in [0.4, 0.5) is 9.59 Å². The number of hydrogen-bond acceptors (Lipinski definition) is 17. The van der Waals surface area contributed by atoms with Crippen molar-refractivity contribution < 1.29 is 75.5 Å². The second-order valence-corrected chi connectivity index (χ2v) is 30.6. The molecule has 28 heteroatoms. The Morgan fingerprint density at radius 1 is 0.523 bits per heavy atom. The van der Waals surface area contributed by atoms with Gasteiger partial charge in [0, 0.05) is 50.9 Å². The highest BCUT2D eigenvalue weighted by Gasteiger charge is 2.40. The highest BCUT2D eigenvalue weighted by Crippen LogP contribution is 2.28. The molecule has 0 radical (unpaired) electrons. The lowest BCUT2D eigenvalue weighted by atomic mass is 10.00. The van der Waals surface area contributed by atoms with Gasteiger partial charge in [-0.3, -0.25) is 29.0 Å². The maximum atomic E-state index is 13.4. The number of nitrogens with one attached hydrogen (secondary N) is 3. The van der Waals surface area contributed by atoms with Gasteiger partial charge in [-0.2, -0.15) is 9.57 Å². The molecule has 25 nitrogen and oxygen atoms in total. The van der Waals surface area contributed by atoms with Gasteiger partial charge in [0.1, 0.15) is 23.3 Å². The van der Waals surface area contributed by atoms with Crippen LogP contribution >= 0.6 is 24.8 Å². The third kappa shape index (κ3) is 33.2. The molecule has 6 amide bonds. The maximum Gasteiger partial charge on any atom is 0.411 e. The van der Waals surface area contributed by atoms with E-state index in [0.717, 1.165) is 41.7 Å². The zero-order valence-corrected chi connectivity index (χ0v) is 65.9. The van der Waals surface area contributed by atoms with Gasteiger partial charge in [0.2, 0.25) is 27.7 Å². The first-order valence-corrected chi connectivity index (χ1v) is 36.8. The Bertz CT molecular complexity index is 3810. The number of carbonyl (C=O) groups excluding carboxylic acids is 6. The molecule has 5 heterocycles. The standard InChI is InChI=1S/C25H28N4O5S.C19H28N2O4.C15H21NO2.C10H17NO5.C9H13N.5CH4.2ClH/c1-17-6-8-20(9-7-17)18(2)27-24(30)23-16-34-11-10-29(23)25(31)21-4-3-5-22(12-21)35(32,33)28-14-19(13-26)15-28;1-13-6-8-15(9-7-13)14(2)20-17(22)16-12-24-11-10-21(16)18(23)25-19(3,4)5;1-11-5-7-13(8-6-11)12(2)16-15(17)14-4-3-9-18-10-14;1-10(2,3)16-9(14)11-4-5-15-6-7(11)8(12)13;1-7-3-5-9(6-4-7)8(2)10;;;;;;;/h3-9,12,18-19,23H,10-11,14-16H2,1-2H3,(H,27,30);6-9,14,16H,10-12H2,1-5H3,(H,20,22);5-8,12,14H,3-4,9-10H2,1-2H3,(H,16,17);7H,4-6H2,1-3H3,(H,12,13);3-6,8H,10H2,1-2H3;5*1H4;2*1H/t18-,23-;14-,16-;12-,14-;7-;8-;;;;;;;/m11111......./s1. The molecular formula is C83H129Cl2N9O16S. The van der Waals surface area contributed by atoms with E-state index in [-0.39, 0.29) is 179 Å². The number of nitriles is 1. The number of aryl methyl sites for hydroxylation is 4. The molecule has 0 aromatic heterocycles. The number of benzene rings is 5. The van der Waals surface area contributed by atoms with Crippen LogP contribution in [0.3, 0.4) is 0 Å². The number of carbonyl (C=O) groups is 7. The van der Waals surface area contributed by atoms with Crippen LogP contribution < -0.4 is 21.7 Å². The van der Waals surface area contributed by atoms with Crippen LogP contribution in [0.15, 0.2) is 126 Å². The van der Waals surface area contributed by atoms with Crippen molar-refractivity contribution in [2.75, 3.05) is 85.6 Å². The molecule has 622 valence electrons. The molecule has 5 fully saturated rings. The first kappa shape index (κ1) is 105. The molecule has 0 unspecified atom stereocenters. The van der Waals surface area contributed by atoms with Gasteiger partial charge in [-0.25, -0.2) is 22.8 Å². The van der Waals surface area contributed by atoms with Crippen molar-refractivity contribution in [1.82, 2.24) is 35.0 Å². The van der Waals surface area contributed by atoms with E-state index in [0.29, 0.717) is 26.4 Å². The lowest BCUT2D eigenvalue weighted by molar-refractivity contribution is -0.149. The van der Waals surface area contributed by atoms with Gasteiger partial charge in [0.25, 0.3) is 5.91 Å². The van der Waals surface area contributed by atoms with Gasteiger partial charge in [-0.15, -0.1) is 24.8 Å². The number of sulfonamides is 1. The molecule has 0 saturated carbocycles. The Morgan fingerprint density at radius 3 is 1.23 bits per heavy atom. The second kappa shape index (κ2) is 49.3. The number of carboxylic acid groups (broad SMARTS) is 1. The summed E-state index contributed by atoms with van der Waals surface area (Å²) in [5, 5.41) is 26.8.